The lowest BCUT2D eigenvalue weighted by Crippen LogP contribution is -2.12. The van der Waals surface area contributed by atoms with Crippen molar-refractivity contribution in [3.05, 3.63) is 71.5 Å². The first-order valence-electron chi connectivity index (χ1n) is 7.49. The van der Waals surface area contributed by atoms with Gasteiger partial charge >= 0.3 is 0 Å². The number of aromatic amines is 1. The fourth-order valence-corrected chi connectivity index (χ4v) is 3.13. The molecule has 3 aromatic heterocycles. The second kappa shape index (κ2) is 5.98. The Bertz CT molecular complexity index is 975. The van der Waals surface area contributed by atoms with Crippen LogP contribution in [-0.2, 0) is 7.05 Å². The van der Waals surface area contributed by atoms with E-state index in [2.05, 4.69) is 25.4 Å². The lowest BCUT2D eigenvalue weighted by molar-refractivity contribution is 0.766. The van der Waals surface area contributed by atoms with Crippen molar-refractivity contribution in [2.24, 2.45) is 7.05 Å². The molecule has 3 heterocycles. The number of anilines is 1. The minimum atomic E-state index is -0.137. The van der Waals surface area contributed by atoms with Gasteiger partial charge in [0, 0.05) is 47.7 Å². The van der Waals surface area contributed by atoms with Crippen LogP contribution in [0.25, 0.3) is 10.9 Å². The normalized spacial score (nSPS) is 12.4. The van der Waals surface area contributed by atoms with E-state index in [1.54, 1.807) is 10.9 Å². The van der Waals surface area contributed by atoms with Crippen molar-refractivity contribution < 1.29 is 0 Å². The Morgan fingerprint density at radius 3 is 2.96 bits per heavy atom. The summed E-state index contributed by atoms with van der Waals surface area (Å²) in [6.07, 6.45) is 9.02. The topological polar surface area (TPSA) is 71.4 Å². The molecule has 6 nitrogen and oxygen atoms in total. The SMILES string of the molecule is Cn1cc(C(Nc2ccncn2)c2c[nH]c3cccc(Cl)c23)cn1. The lowest BCUT2D eigenvalue weighted by atomic mass is 10.0. The maximum atomic E-state index is 6.45. The van der Waals surface area contributed by atoms with E-state index in [-0.39, 0.29) is 6.04 Å². The van der Waals surface area contributed by atoms with Crippen LogP contribution in [0.4, 0.5) is 5.82 Å². The molecule has 7 heteroatoms. The van der Waals surface area contributed by atoms with Crippen LogP contribution in [0.15, 0.2) is 55.4 Å². The third kappa shape index (κ3) is 2.61. The number of nitrogens with zero attached hydrogens (tertiary/aromatic N) is 4. The van der Waals surface area contributed by atoms with Gasteiger partial charge in [0.2, 0.25) is 0 Å². The van der Waals surface area contributed by atoms with E-state index in [1.807, 2.05) is 49.9 Å². The van der Waals surface area contributed by atoms with Crippen molar-refractivity contribution >= 4 is 28.3 Å². The third-order valence-electron chi connectivity index (χ3n) is 3.93. The van der Waals surface area contributed by atoms with E-state index in [0.717, 1.165) is 27.8 Å². The molecule has 4 aromatic rings. The standard InChI is InChI=1S/C17H15ClN6/c1-24-9-11(7-22-24)17(23-15-5-6-19-10-21-15)12-8-20-14-4-2-3-13(18)16(12)14/h2-10,17,20H,1H3,(H,19,21,23). The van der Waals surface area contributed by atoms with Gasteiger partial charge in [-0.3, -0.25) is 4.68 Å². The van der Waals surface area contributed by atoms with Gasteiger partial charge in [0.25, 0.3) is 0 Å². The Balaban J connectivity index is 1.85. The van der Waals surface area contributed by atoms with Gasteiger partial charge < -0.3 is 10.3 Å². The summed E-state index contributed by atoms with van der Waals surface area (Å²) in [5.74, 6) is 0.736. The largest absolute Gasteiger partial charge is 0.361 e. The van der Waals surface area contributed by atoms with E-state index >= 15 is 0 Å². The van der Waals surface area contributed by atoms with Crippen molar-refractivity contribution in [2.45, 2.75) is 6.04 Å². The molecule has 0 aliphatic heterocycles. The number of nitrogens with one attached hydrogen (secondary N) is 2. The van der Waals surface area contributed by atoms with Crippen LogP contribution in [0.1, 0.15) is 17.2 Å². The molecule has 0 saturated heterocycles. The Morgan fingerprint density at radius 1 is 1.29 bits per heavy atom. The van der Waals surface area contributed by atoms with Crippen molar-refractivity contribution in [1.82, 2.24) is 24.7 Å². The maximum Gasteiger partial charge on any atom is 0.130 e. The number of hydrogen-bond donors (Lipinski definition) is 2. The highest BCUT2D eigenvalue weighted by Gasteiger charge is 2.21. The number of aryl methyl sites for hydroxylation is 1. The minimum absolute atomic E-state index is 0.137. The molecule has 2 N–H and O–H groups in total. The zero-order chi connectivity index (χ0) is 16.5. The number of halogens is 1. The Kier molecular flexibility index (Phi) is 3.66. The van der Waals surface area contributed by atoms with E-state index < -0.39 is 0 Å². The van der Waals surface area contributed by atoms with Crippen LogP contribution in [0.2, 0.25) is 5.02 Å². The molecule has 120 valence electrons. The first kappa shape index (κ1) is 14.7. The fourth-order valence-electron chi connectivity index (χ4n) is 2.85. The molecule has 0 saturated carbocycles. The zero-order valence-corrected chi connectivity index (χ0v) is 13.7. The summed E-state index contributed by atoms with van der Waals surface area (Å²) in [5, 5.41) is 9.44. The number of hydrogen-bond acceptors (Lipinski definition) is 4. The summed E-state index contributed by atoms with van der Waals surface area (Å²) >= 11 is 6.45. The highest BCUT2D eigenvalue weighted by Crippen LogP contribution is 2.35. The molecular weight excluding hydrogens is 324 g/mol. The molecule has 24 heavy (non-hydrogen) atoms. The van der Waals surface area contributed by atoms with E-state index in [0.29, 0.717) is 5.02 Å². The third-order valence-corrected chi connectivity index (χ3v) is 4.24. The Morgan fingerprint density at radius 2 is 2.21 bits per heavy atom. The Hall–Kier alpha value is -2.86. The monoisotopic (exact) mass is 338 g/mol. The van der Waals surface area contributed by atoms with Crippen LogP contribution in [0.3, 0.4) is 0 Å². The summed E-state index contributed by atoms with van der Waals surface area (Å²) in [7, 11) is 1.90. The van der Waals surface area contributed by atoms with Crippen molar-refractivity contribution in [1.29, 1.82) is 0 Å². The average Bonchev–Trinajstić information content (AvgIpc) is 3.21. The first-order chi connectivity index (χ1) is 11.7. The second-order valence-electron chi connectivity index (χ2n) is 5.53. The van der Waals surface area contributed by atoms with E-state index in [4.69, 9.17) is 11.6 Å². The summed E-state index contributed by atoms with van der Waals surface area (Å²) in [5.41, 5.74) is 3.06. The van der Waals surface area contributed by atoms with Crippen molar-refractivity contribution in [3.63, 3.8) is 0 Å². The van der Waals surface area contributed by atoms with Crippen LogP contribution < -0.4 is 5.32 Å². The van der Waals surface area contributed by atoms with Gasteiger partial charge in [-0.1, -0.05) is 17.7 Å². The van der Waals surface area contributed by atoms with E-state index in [1.165, 1.54) is 6.33 Å². The van der Waals surface area contributed by atoms with Gasteiger partial charge in [0.1, 0.15) is 12.1 Å². The lowest BCUT2D eigenvalue weighted by Gasteiger charge is -2.18. The van der Waals surface area contributed by atoms with Gasteiger partial charge in [-0.15, -0.1) is 0 Å². The molecule has 0 spiro atoms. The van der Waals surface area contributed by atoms with Gasteiger partial charge in [-0.05, 0) is 18.2 Å². The summed E-state index contributed by atoms with van der Waals surface area (Å²) < 4.78 is 1.78. The molecule has 1 aromatic carbocycles. The van der Waals surface area contributed by atoms with E-state index in [9.17, 15) is 0 Å². The average molecular weight is 339 g/mol. The maximum absolute atomic E-state index is 6.45. The molecule has 1 atom stereocenters. The molecule has 0 aliphatic carbocycles. The van der Waals surface area contributed by atoms with Crippen molar-refractivity contribution in [3.8, 4) is 0 Å². The second-order valence-corrected chi connectivity index (χ2v) is 5.93. The Labute approximate surface area is 143 Å². The van der Waals surface area contributed by atoms with Crippen LogP contribution in [-0.4, -0.2) is 24.7 Å². The fraction of sp³-hybridized carbons (Fsp3) is 0.118. The summed E-state index contributed by atoms with van der Waals surface area (Å²) in [6, 6.07) is 7.53. The van der Waals surface area contributed by atoms with Gasteiger partial charge in [0.15, 0.2) is 0 Å². The van der Waals surface area contributed by atoms with Crippen LogP contribution >= 0.6 is 11.6 Å². The number of aromatic nitrogens is 5. The smallest absolute Gasteiger partial charge is 0.130 e. The quantitative estimate of drug-likeness (QED) is 0.597. The number of H-pyrrole nitrogens is 1. The molecule has 0 amide bonds. The molecule has 0 bridgehead atoms. The number of fused-ring (bicyclic) bond motifs is 1. The zero-order valence-electron chi connectivity index (χ0n) is 12.9. The molecule has 0 fully saturated rings. The first-order valence-corrected chi connectivity index (χ1v) is 7.87. The number of benzene rings is 1. The summed E-state index contributed by atoms with van der Waals surface area (Å²) in [4.78, 5) is 11.5. The van der Waals surface area contributed by atoms with Gasteiger partial charge in [0.05, 0.1) is 17.3 Å². The molecule has 0 aliphatic rings. The van der Waals surface area contributed by atoms with Gasteiger partial charge in [-0.2, -0.15) is 5.10 Å². The van der Waals surface area contributed by atoms with Crippen molar-refractivity contribution in [2.75, 3.05) is 5.32 Å². The van der Waals surface area contributed by atoms with Crippen LogP contribution in [0.5, 0.6) is 0 Å². The molecular formula is C17H15ClN6. The van der Waals surface area contributed by atoms with Crippen LogP contribution in [0, 0.1) is 0 Å². The minimum Gasteiger partial charge on any atom is -0.361 e. The predicted octanol–water partition coefficient (Wildman–Crippen LogP) is 3.55. The molecule has 0 radical (unpaired) electrons. The predicted molar refractivity (Wildman–Crippen MR) is 94.0 cm³/mol. The summed E-state index contributed by atoms with van der Waals surface area (Å²) in [6.45, 7) is 0. The molecule has 4 rings (SSSR count). The number of rotatable bonds is 4. The highest BCUT2D eigenvalue weighted by molar-refractivity contribution is 6.35. The highest BCUT2D eigenvalue weighted by atomic mass is 35.5. The molecule has 1 unspecified atom stereocenters. The van der Waals surface area contributed by atoms with Gasteiger partial charge in [-0.25, -0.2) is 9.97 Å².